The van der Waals surface area contributed by atoms with Gasteiger partial charge < -0.3 is 21.2 Å². The molecular weight excluding hydrogens is 294 g/mol. The van der Waals surface area contributed by atoms with E-state index in [2.05, 4.69) is 20.3 Å². The number of nitrogens with two attached hydrogens (primary N) is 1. The molecule has 0 aliphatic carbocycles. The number of rotatable bonds is 5. The summed E-state index contributed by atoms with van der Waals surface area (Å²) in [6.07, 6.45) is 0. The van der Waals surface area contributed by atoms with Crippen LogP contribution in [0.3, 0.4) is 0 Å². The van der Waals surface area contributed by atoms with Gasteiger partial charge in [0.1, 0.15) is 0 Å². The number of benzene rings is 1. The molecule has 0 spiro atoms. The van der Waals surface area contributed by atoms with Crippen molar-refractivity contribution >= 4 is 17.4 Å². The van der Waals surface area contributed by atoms with Crippen LogP contribution in [-0.4, -0.2) is 60.6 Å². The van der Waals surface area contributed by atoms with Gasteiger partial charge in [0, 0.05) is 43.5 Å². The van der Waals surface area contributed by atoms with E-state index in [0.717, 1.165) is 31.9 Å². The molecule has 0 radical (unpaired) electrons. The summed E-state index contributed by atoms with van der Waals surface area (Å²) < 4.78 is 0. The van der Waals surface area contributed by atoms with Gasteiger partial charge in [-0.05, 0) is 38.1 Å². The van der Waals surface area contributed by atoms with Crippen LogP contribution < -0.4 is 16.0 Å². The molecule has 7 nitrogen and oxygen atoms in total. The third-order valence-corrected chi connectivity index (χ3v) is 3.83. The summed E-state index contributed by atoms with van der Waals surface area (Å²) in [4.78, 5) is 16.2. The highest BCUT2D eigenvalue weighted by atomic mass is 16.4. The summed E-state index contributed by atoms with van der Waals surface area (Å²) in [5.41, 5.74) is 7.36. The van der Waals surface area contributed by atoms with Gasteiger partial charge in [0.15, 0.2) is 5.84 Å². The maximum Gasteiger partial charge on any atom is 0.234 e. The molecule has 1 aromatic carbocycles. The summed E-state index contributed by atoms with van der Waals surface area (Å²) in [6, 6.07) is 7.79. The Kier molecular flexibility index (Phi) is 5.81. The number of anilines is 1. The van der Waals surface area contributed by atoms with Gasteiger partial charge in [-0.3, -0.25) is 9.69 Å². The highest BCUT2D eigenvalue weighted by Gasteiger charge is 2.19. The van der Waals surface area contributed by atoms with Crippen LogP contribution in [0, 0.1) is 0 Å². The van der Waals surface area contributed by atoms with Crippen molar-refractivity contribution < 1.29 is 10.0 Å². The van der Waals surface area contributed by atoms with Crippen LogP contribution in [0.2, 0.25) is 0 Å². The molecule has 23 heavy (non-hydrogen) atoms. The minimum absolute atomic E-state index is 0.0802. The molecule has 1 heterocycles. The van der Waals surface area contributed by atoms with Crippen LogP contribution in [0.15, 0.2) is 29.4 Å². The maximum atomic E-state index is 11.8. The summed E-state index contributed by atoms with van der Waals surface area (Å²) in [5.74, 6) is 0.189. The second-order valence-electron chi connectivity index (χ2n) is 6.02. The lowest BCUT2D eigenvalue weighted by Crippen LogP contribution is -2.50. The number of amidine groups is 1. The molecule has 1 saturated heterocycles. The van der Waals surface area contributed by atoms with E-state index < -0.39 is 0 Å². The van der Waals surface area contributed by atoms with E-state index in [0.29, 0.717) is 12.1 Å². The number of nitrogens with zero attached hydrogens (tertiary/aromatic N) is 3. The molecular formula is C16H25N5O2. The van der Waals surface area contributed by atoms with Crippen molar-refractivity contribution in [3.63, 3.8) is 0 Å². The summed E-state index contributed by atoms with van der Waals surface area (Å²) >= 11 is 0. The fourth-order valence-corrected chi connectivity index (χ4v) is 2.64. The second-order valence-corrected chi connectivity index (χ2v) is 6.02. The second kappa shape index (κ2) is 7.82. The van der Waals surface area contributed by atoms with Crippen molar-refractivity contribution in [3.05, 3.63) is 29.8 Å². The zero-order valence-corrected chi connectivity index (χ0v) is 13.7. The van der Waals surface area contributed by atoms with Crippen LogP contribution >= 0.6 is 0 Å². The highest BCUT2D eigenvalue weighted by molar-refractivity contribution is 5.97. The van der Waals surface area contributed by atoms with Crippen molar-refractivity contribution in [3.8, 4) is 0 Å². The summed E-state index contributed by atoms with van der Waals surface area (Å²) in [6.45, 7) is 7.84. The molecule has 0 saturated carbocycles. The normalized spacial score (nSPS) is 16.7. The average Bonchev–Trinajstić information content (AvgIpc) is 2.54. The third-order valence-electron chi connectivity index (χ3n) is 3.83. The van der Waals surface area contributed by atoms with Crippen molar-refractivity contribution in [2.24, 2.45) is 10.9 Å². The Bertz CT molecular complexity index is 548. The van der Waals surface area contributed by atoms with Crippen molar-refractivity contribution in [1.82, 2.24) is 10.2 Å². The Morgan fingerprint density at radius 3 is 2.39 bits per heavy atom. The van der Waals surface area contributed by atoms with E-state index in [4.69, 9.17) is 10.9 Å². The quantitative estimate of drug-likeness (QED) is 0.317. The molecule has 2 rings (SSSR count). The number of nitrogens with one attached hydrogen (secondary N) is 1. The number of carbonyl (C=O) groups excluding carboxylic acids is 1. The van der Waals surface area contributed by atoms with Gasteiger partial charge in [0.2, 0.25) is 5.91 Å². The van der Waals surface area contributed by atoms with E-state index in [9.17, 15) is 4.79 Å². The van der Waals surface area contributed by atoms with Gasteiger partial charge in [-0.2, -0.15) is 0 Å². The maximum absolute atomic E-state index is 11.8. The molecule has 0 bridgehead atoms. The molecule has 4 N–H and O–H groups in total. The van der Waals surface area contributed by atoms with Crippen molar-refractivity contribution in [2.75, 3.05) is 37.6 Å². The first-order valence-corrected chi connectivity index (χ1v) is 7.84. The van der Waals surface area contributed by atoms with Crippen LogP contribution in [-0.2, 0) is 4.79 Å². The van der Waals surface area contributed by atoms with Gasteiger partial charge in [0.25, 0.3) is 0 Å². The van der Waals surface area contributed by atoms with Crippen molar-refractivity contribution in [1.29, 1.82) is 0 Å². The van der Waals surface area contributed by atoms with Gasteiger partial charge in [0.05, 0.1) is 6.54 Å². The van der Waals surface area contributed by atoms with Crippen LogP contribution in [0.25, 0.3) is 0 Å². The monoisotopic (exact) mass is 319 g/mol. The number of carbonyl (C=O) groups is 1. The summed E-state index contributed by atoms with van der Waals surface area (Å²) in [5, 5.41) is 14.6. The van der Waals surface area contributed by atoms with Crippen LogP contribution in [0.4, 0.5) is 5.69 Å². The Morgan fingerprint density at radius 2 is 1.87 bits per heavy atom. The zero-order chi connectivity index (χ0) is 16.8. The Morgan fingerprint density at radius 1 is 1.26 bits per heavy atom. The van der Waals surface area contributed by atoms with Gasteiger partial charge >= 0.3 is 0 Å². The number of amides is 1. The zero-order valence-electron chi connectivity index (χ0n) is 13.7. The molecule has 1 fully saturated rings. The Hall–Kier alpha value is -2.28. The molecule has 0 unspecified atom stereocenters. The number of hydrogen-bond donors (Lipinski definition) is 3. The molecule has 1 aliphatic rings. The molecule has 126 valence electrons. The largest absolute Gasteiger partial charge is 0.409 e. The summed E-state index contributed by atoms with van der Waals surface area (Å²) in [7, 11) is 0. The van der Waals surface area contributed by atoms with E-state index in [1.54, 1.807) is 0 Å². The van der Waals surface area contributed by atoms with Crippen LogP contribution in [0.5, 0.6) is 0 Å². The molecule has 1 amide bonds. The lowest BCUT2D eigenvalue weighted by molar-refractivity contribution is -0.122. The first-order valence-electron chi connectivity index (χ1n) is 7.84. The number of oxime groups is 1. The molecule has 1 aromatic rings. The minimum Gasteiger partial charge on any atom is -0.409 e. The first-order chi connectivity index (χ1) is 11.0. The third kappa shape index (κ3) is 4.85. The van der Waals surface area contributed by atoms with Gasteiger partial charge in [-0.1, -0.05) is 5.16 Å². The van der Waals surface area contributed by atoms with E-state index >= 15 is 0 Å². The Labute approximate surface area is 136 Å². The molecule has 0 atom stereocenters. The first kappa shape index (κ1) is 17.1. The minimum atomic E-state index is 0.0802. The predicted molar refractivity (Wildman–Crippen MR) is 90.9 cm³/mol. The van der Waals surface area contributed by atoms with Crippen LogP contribution in [0.1, 0.15) is 19.4 Å². The van der Waals surface area contributed by atoms with Gasteiger partial charge in [-0.25, -0.2) is 0 Å². The average molecular weight is 319 g/mol. The topological polar surface area (TPSA) is 94.2 Å². The predicted octanol–water partition coefficient (Wildman–Crippen LogP) is 0.428. The smallest absolute Gasteiger partial charge is 0.234 e. The van der Waals surface area contributed by atoms with E-state index in [1.807, 2.05) is 38.1 Å². The van der Waals surface area contributed by atoms with E-state index in [-0.39, 0.29) is 17.8 Å². The number of hydrogen-bond acceptors (Lipinski definition) is 5. The fourth-order valence-electron chi connectivity index (χ4n) is 2.64. The fraction of sp³-hybridized carbons (Fsp3) is 0.500. The Balaban J connectivity index is 1.85. The highest BCUT2D eigenvalue weighted by Crippen LogP contribution is 2.17. The van der Waals surface area contributed by atoms with Crippen molar-refractivity contribution in [2.45, 2.75) is 19.9 Å². The van der Waals surface area contributed by atoms with Gasteiger partial charge in [-0.15, -0.1) is 0 Å². The molecule has 0 aromatic heterocycles. The lowest BCUT2D eigenvalue weighted by Gasteiger charge is -2.35. The molecule has 7 heteroatoms. The molecule has 1 aliphatic heterocycles. The SMILES string of the molecule is CC(C)NC(=O)CN1CCN(c2ccc(C(N)=NO)cc2)CC1. The standard InChI is InChI=1S/C16H25N5O2/c1-12(2)18-15(22)11-20-7-9-21(10-8-20)14-5-3-13(4-6-14)16(17)19-23/h3-6,12,23H,7-11H2,1-2H3,(H2,17,19)(H,18,22). The van der Waals surface area contributed by atoms with E-state index in [1.165, 1.54) is 0 Å². The lowest BCUT2D eigenvalue weighted by atomic mass is 10.1. The number of piperazine rings is 1.